The van der Waals surface area contributed by atoms with Crippen molar-refractivity contribution in [2.24, 2.45) is 0 Å². The van der Waals surface area contributed by atoms with Crippen molar-refractivity contribution in [3.8, 4) is 0 Å². The fourth-order valence-electron chi connectivity index (χ4n) is 2.73. The van der Waals surface area contributed by atoms with Crippen LogP contribution in [0.5, 0.6) is 0 Å². The molecule has 0 amide bonds. The molecule has 1 saturated heterocycles. The number of rotatable bonds is 4. The molecule has 1 fully saturated rings. The molecule has 2 atom stereocenters. The van der Waals surface area contributed by atoms with Crippen LogP contribution < -0.4 is 4.90 Å². The van der Waals surface area contributed by atoms with Crippen LogP contribution in [-0.4, -0.2) is 29.1 Å². The minimum atomic E-state index is -0.214. The monoisotopic (exact) mass is 321 g/mol. The molecule has 0 bridgehead atoms. The zero-order chi connectivity index (χ0) is 15.5. The number of halogens is 1. The molecule has 2 heterocycles. The SMILES string of the molecule is CCc1nsc(N(C)[C@@H]2CCO[C@@H](c3ccc(F)cc3)C2)n1. The van der Waals surface area contributed by atoms with Crippen molar-refractivity contribution in [2.45, 2.75) is 38.3 Å². The summed E-state index contributed by atoms with van der Waals surface area (Å²) in [4.78, 5) is 6.76. The quantitative estimate of drug-likeness (QED) is 0.862. The molecule has 0 spiro atoms. The summed E-state index contributed by atoms with van der Waals surface area (Å²) >= 11 is 1.45. The van der Waals surface area contributed by atoms with Gasteiger partial charge in [-0.15, -0.1) is 0 Å². The van der Waals surface area contributed by atoms with Gasteiger partial charge in [0.05, 0.1) is 6.10 Å². The van der Waals surface area contributed by atoms with Gasteiger partial charge in [-0.05, 0) is 30.5 Å². The topological polar surface area (TPSA) is 38.2 Å². The van der Waals surface area contributed by atoms with E-state index < -0.39 is 0 Å². The number of aryl methyl sites for hydroxylation is 1. The zero-order valence-electron chi connectivity index (χ0n) is 12.8. The summed E-state index contributed by atoms with van der Waals surface area (Å²) in [5.41, 5.74) is 1.03. The van der Waals surface area contributed by atoms with Gasteiger partial charge in [0.15, 0.2) is 0 Å². The van der Waals surface area contributed by atoms with Gasteiger partial charge in [0.25, 0.3) is 0 Å². The Morgan fingerprint density at radius 3 is 2.82 bits per heavy atom. The normalized spacial score (nSPS) is 21.8. The van der Waals surface area contributed by atoms with E-state index in [0.717, 1.165) is 35.8 Å². The first-order valence-electron chi connectivity index (χ1n) is 7.60. The average molecular weight is 321 g/mol. The zero-order valence-corrected chi connectivity index (χ0v) is 13.6. The summed E-state index contributed by atoms with van der Waals surface area (Å²) < 4.78 is 23.3. The van der Waals surface area contributed by atoms with Gasteiger partial charge < -0.3 is 9.64 Å². The van der Waals surface area contributed by atoms with Crippen LogP contribution in [0, 0.1) is 5.82 Å². The maximum Gasteiger partial charge on any atom is 0.205 e. The third kappa shape index (κ3) is 3.28. The molecule has 0 saturated carbocycles. The van der Waals surface area contributed by atoms with Crippen molar-refractivity contribution in [1.82, 2.24) is 9.36 Å². The molecule has 1 aliphatic rings. The molecule has 6 heteroatoms. The van der Waals surface area contributed by atoms with Crippen LogP contribution in [0.2, 0.25) is 0 Å². The maximum absolute atomic E-state index is 13.1. The van der Waals surface area contributed by atoms with Crippen LogP contribution in [0.3, 0.4) is 0 Å². The third-order valence-electron chi connectivity index (χ3n) is 4.12. The van der Waals surface area contributed by atoms with Crippen molar-refractivity contribution >= 4 is 16.7 Å². The Morgan fingerprint density at radius 2 is 2.14 bits per heavy atom. The van der Waals surface area contributed by atoms with Crippen LogP contribution in [-0.2, 0) is 11.2 Å². The Hall–Kier alpha value is -1.53. The van der Waals surface area contributed by atoms with E-state index in [-0.39, 0.29) is 11.9 Å². The van der Waals surface area contributed by atoms with Crippen LogP contribution >= 0.6 is 11.5 Å². The van der Waals surface area contributed by atoms with Gasteiger partial charge in [0, 0.05) is 37.6 Å². The summed E-state index contributed by atoms with van der Waals surface area (Å²) in [6.07, 6.45) is 2.72. The molecule has 118 valence electrons. The highest BCUT2D eigenvalue weighted by Gasteiger charge is 2.28. The number of ether oxygens (including phenoxy) is 1. The Balaban J connectivity index is 1.70. The number of benzene rings is 1. The van der Waals surface area contributed by atoms with Gasteiger partial charge in [0.1, 0.15) is 11.6 Å². The summed E-state index contributed by atoms with van der Waals surface area (Å²) in [7, 11) is 2.07. The van der Waals surface area contributed by atoms with E-state index in [0.29, 0.717) is 12.6 Å². The second kappa shape index (κ2) is 6.71. The lowest BCUT2D eigenvalue weighted by atomic mass is 9.97. The largest absolute Gasteiger partial charge is 0.373 e. The van der Waals surface area contributed by atoms with Crippen LogP contribution in [0.1, 0.15) is 37.3 Å². The molecule has 0 unspecified atom stereocenters. The lowest BCUT2D eigenvalue weighted by molar-refractivity contribution is 0.00588. The Morgan fingerprint density at radius 1 is 1.36 bits per heavy atom. The molecule has 4 nitrogen and oxygen atoms in total. The molecule has 1 aliphatic heterocycles. The predicted octanol–water partition coefficient (Wildman–Crippen LogP) is 3.60. The summed E-state index contributed by atoms with van der Waals surface area (Å²) in [5.74, 6) is 0.683. The Bertz CT molecular complexity index is 616. The molecule has 1 aromatic carbocycles. The lowest BCUT2D eigenvalue weighted by Crippen LogP contribution is -2.37. The van der Waals surface area contributed by atoms with E-state index in [1.807, 2.05) is 12.1 Å². The van der Waals surface area contributed by atoms with Crippen LogP contribution in [0.4, 0.5) is 9.52 Å². The smallest absolute Gasteiger partial charge is 0.205 e. The predicted molar refractivity (Wildman–Crippen MR) is 85.8 cm³/mol. The maximum atomic E-state index is 13.1. The van der Waals surface area contributed by atoms with Crippen molar-refractivity contribution in [1.29, 1.82) is 0 Å². The molecule has 2 aromatic rings. The minimum Gasteiger partial charge on any atom is -0.373 e. The van der Waals surface area contributed by atoms with Crippen molar-refractivity contribution in [3.05, 3.63) is 41.5 Å². The van der Waals surface area contributed by atoms with Gasteiger partial charge in [-0.1, -0.05) is 19.1 Å². The van der Waals surface area contributed by atoms with E-state index in [4.69, 9.17) is 4.74 Å². The van der Waals surface area contributed by atoms with Crippen LogP contribution in [0.25, 0.3) is 0 Å². The van der Waals surface area contributed by atoms with Crippen molar-refractivity contribution in [2.75, 3.05) is 18.6 Å². The fourth-order valence-corrected chi connectivity index (χ4v) is 3.51. The first-order valence-corrected chi connectivity index (χ1v) is 8.37. The Labute approximate surface area is 134 Å². The second-order valence-corrected chi connectivity index (χ2v) is 6.28. The van der Waals surface area contributed by atoms with Crippen LogP contribution in [0.15, 0.2) is 24.3 Å². The van der Waals surface area contributed by atoms with Gasteiger partial charge >= 0.3 is 0 Å². The number of hydrogen-bond acceptors (Lipinski definition) is 5. The number of hydrogen-bond donors (Lipinski definition) is 0. The number of anilines is 1. The highest BCUT2D eigenvalue weighted by Crippen LogP contribution is 2.32. The van der Waals surface area contributed by atoms with Gasteiger partial charge in [-0.3, -0.25) is 0 Å². The first kappa shape index (κ1) is 15.4. The molecule has 1 aromatic heterocycles. The summed E-state index contributed by atoms with van der Waals surface area (Å²) in [6.45, 7) is 2.77. The van der Waals surface area contributed by atoms with Crippen molar-refractivity contribution in [3.63, 3.8) is 0 Å². The first-order chi connectivity index (χ1) is 10.7. The van der Waals surface area contributed by atoms with Gasteiger partial charge in [-0.25, -0.2) is 9.37 Å². The third-order valence-corrected chi connectivity index (χ3v) is 4.97. The minimum absolute atomic E-state index is 0.0142. The van der Waals surface area contributed by atoms with E-state index in [1.54, 1.807) is 0 Å². The molecule has 3 rings (SSSR count). The lowest BCUT2D eigenvalue weighted by Gasteiger charge is -2.35. The number of nitrogens with zero attached hydrogens (tertiary/aromatic N) is 3. The highest BCUT2D eigenvalue weighted by molar-refractivity contribution is 7.09. The summed E-state index contributed by atoms with van der Waals surface area (Å²) in [5, 5.41) is 0.960. The summed E-state index contributed by atoms with van der Waals surface area (Å²) in [6, 6.07) is 6.96. The van der Waals surface area contributed by atoms with Gasteiger partial charge in [-0.2, -0.15) is 4.37 Å². The number of aromatic nitrogens is 2. The fraction of sp³-hybridized carbons (Fsp3) is 0.500. The average Bonchev–Trinajstić information content (AvgIpc) is 3.04. The molecular weight excluding hydrogens is 301 g/mol. The van der Waals surface area contributed by atoms with E-state index in [2.05, 4.69) is 28.2 Å². The second-order valence-electron chi connectivity index (χ2n) is 5.55. The van der Waals surface area contributed by atoms with E-state index >= 15 is 0 Å². The highest BCUT2D eigenvalue weighted by atomic mass is 32.1. The molecule has 22 heavy (non-hydrogen) atoms. The van der Waals surface area contributed by atoms with Gasteiger partial charge in [0.2, 0.25) is 5.13 Å². The molecule has 0 N–H and O–H groups in total. The molecule has 0 radical (unpaired) electrons. The van der Waals surface area contributed by atoms with Crippen molar-refractivity contribution < 1.29 is 9.13 Å². The Kier molecular flexibility index (Phi) is 4.69. The molecule has 0 aliphatic carbocycles. The van der Waals surface area contributed by atoms with E-state index in [1.165, 1.54) is 23.7 Å². The standard InChI is InChI=1S/C16H20FN3OS/c1-3-15-18-16(22-19-15)20(2)13-8-9-21-14(10-13)11-4-6-12(17)7-5-11/h4-7,13-14H,3,8-10H2,1-2H3/t13-,14-/m1/s1. The molecular formula is C16H20FN3OS. The van der Waals surface area contributed by atoms with E-state index in [9.17, 15) is 4.39 Å².